The van der Waals surface area contributed by atoms with Gasteiger partial charge in [-0.2, -0.15) is 26.3 Å². The Balaban J connectivity index is 0.000000264. The minimum Gasteiger partial charge on any atom is -0.397 e. The molecule has 0 fully saturated rings. The molecule has 0 unspecified atom stereocenters. The molecule has 0 amide bonds. The highest BCUT2D eigenvalue weighted by Gasteiger charge is 2.35. The molecule has 0 radical (unpaired) electrons. The van der Waals surface area contributed by atoms with E-state index in [1.165, 1.54) is 22.8 Å². The van der Waals surface area contributed by atoms with Gasteiger partial charge >= 0.3 is 12.4 Å². The van der Waals surface area contributed by atoms with Crippen LogP contribution in [0.3, 0.4) is 0 Å². The topological polar surface area (TPSA) is 108 Å². The molecule has 0 aliphatic heterocycles. The Hall–Kier alpha value is -3.11. The molecular weight excluding hydrogens is 728 g/mol. The van der Waals surface area contributed by atoms with Gasteiger partial charge in [-0.15, -0.1) is 0 Å². The predicted molar refractivity (Wildman–Crippen MR) is 171 cm³/mol. The van der Waals surface area contributed by atoms with Gasteiger partial charge in [0.2, 0.25) is 5.95 Å². The Labute approximate surface area is 282 Å². The molecule has 3 N–H and O–H groups in total. The normalized spacial score (nSPS) is 11.2. The van der Waals surface area contributed by atoms with Crippen molar-refractivity contribution in [3.63, 3.8) is 0 Å². The van der Waals surface area contributed by atoms with Gasteiger partial charge in [0, 0.05) is 35.3 Å². The van der Waals surface area contributed by atoms with Crippen molar-refractivity contribution >= 4 is 75.5 Å². The van der Waals surface area contributed by atoms with Crippen LogP contribution < -0.4 is 22.2 Å². The van der Waals surface area contributed by atoms with Gasteiger partial charge in [0.05, 0.1) is 21.4 Å². The number of nitrogens with one attached hydrogen (secondary N) is 1. The molecule has 8 nitrogen and oxygen atoms in total. The first kappa shape index (κ1) is 39.1. The van der Waals surface area contributed by atoms with Crippen LogP contribution >= 0.6 is 58.2 Å². The van der Waals surface area contributed by atoms with Crippen molar-refractivity contribution in [1.29, 1.82) is 0 Å². The van der Waals surface area contributed by atoms with E-state index in [1.54, 1.807) is 38.3 Å². The van der Waals surface area contributed by atoms with Gasteiger partial charge in [0.1, 0.15) is 0 Å². The molecule has 0 spiro atoms. The zero-order valence-electron chi connectivity index (χ0n) is 23.9. The molecule has 0 aliphatic rings. The summed E-state index contributed by atoms with van der Waals surface area (Å²) in [7, 11) is 0. The third-order valence-electron chi connectivity index (χ3n) is 5.51. The van der Waals surface area contributed by atoms with Crippen LogP contribution in [0.1, 0.15) is 25.2 Å². The summed E-state index contributed by atoms with van der Waals surface area (Å²) in [4.78, 5) is 30.0. The lowest BCUT2D eigenvalue weighted by Crippen LogP contribution is -2.26. The van der Waals surface area contributed by atoms with Crippen LogP contribution in [0.2, 0.25) is 20.1 Å². The van der Waals surface area contributed by atoms with Crippen LogP contribution in [0, 0.1) is 0 Å². The monoisotopic (exact) mass is 750 g/mol. The van der Waals surface area contributed by atoms with Crippen LogP contribution in [0.25, 0.3) is 0 Å². The third kappa shape index (κ3) is 11.0. The number of hydrogen-bond donors (Lipinski definition) is 2. The van der Waals surface area contributed by atoms with Crippen LogP contribution in [0.5, 0.6) is 0 Å². The standard InChI is InChI=1S/C13H10Cl2F3N3O.C8H9F3N2OS.C6H5Cl2N/c1-2-21-11(22)6-10(13(16,17)18)20-12(21)19-9-5-7(14)3-4-8(9)15;1-3-13-6(14)4-5(8(9,10)11)12-7(13)15-2;7-4-1-2-5(8)6(9)3-4/h3-6H,2H2,1H3,(H,19,20);4H,3H2,1-2H3;1-3H,9H2. The fourth-order valence-electron chi connectivity index (χ4n) is 3.36. The third-order valence-corrected chi connectivity index (χ3v) is 7.33. The summed E-state index contributed by atoms with van der Waals surface area (Å²) in [6.07, 6.45) is -7.72. The lowest BCUT2D eigenvalue weighted by molar-refractivity contribution is -0.142. The predicted octanol–water partition coefficient (Wildman–Crippen LogP) is 8.91. The summed E-state index contributed by atoms with van der Waals surface area (Å²) in [5, 5.41) is 4.42. The lowest BCUT2D eigenvalue weighted by atomic mass is 10.3. The van der Waals surface area contributed by atoms with Crippen LogP contribution in [-0.4, -0.2) is 25.4 Å². The fraction of sp³-hybridized carbons (Fsp3) is 0.259. The molecule has 2 aromatic heterocycles. The smallest absolute Gasteiger partial charge is 0.397 e. The van der Waals surface area contributed by atoms with Crippen molar-refractivity contribution in [3.8, 4) is 0 Å². The number of nitrogens with two attached hydrogens (primary N) is 1. The van der Waals surface area contributed by atoms with E-state index >= 15 is 0 Å². The van der Waals surface area contributed by atoms with Crippen LogP contribution in [0.4, 0.5) is 43.7 Å². The van der Waals surface area contributed by atoms with Gasteiger partial charge in [0.25, 0.3) is 11.1 Å². The molecule has 19 heteroatoms. The summed E-state index contributed by atoms with van der Waals surface area (Å²) in [5.41, 5.74) is 2.27. The van der Waals surface area contributed by atoms with Gasteiger partial charge in [-0.1, -0.05) is 58.2 Å². The number of benzene rings is 2. The second-order valence-electron chi connectivity index (χ2n) is 8.67. The minimum atomic E-state index is -4.72. The molecule has 0 aliphatic carbocycles. The maximum Gasteiger partial charge on any atom is 0.433 e. The Morgan fingerprint density at radius 1 is 0.761 bits per heavy atom. The number of aromatic nitrogens is 4. The molecular formula is C27H24Cl4F6N6O2S. The highest BCUT2D eigenvalue weighted by atomic mass is 35.5. The van der Waals surface area contributed by atoms with E-state index in [0.717, 1.165) is 16.3 Å². The van der Waals surface area contributed by atoms with Gasteiger partial charge in [-0.3, -0.25) is 18.7 Å². The van der Waals surface area contributed by atoms with E-state index in [2.05, 4.69) is 15.3 Å². The number of nitrogens with zero attached hydrogens (tertiary/aromatic N) is 4. The number of alkyl halides is 6. The quantitative estimate of drug-likeness (QED) is 0.0908. The first-order valence-corrected chi connectivity index (χ1v) is 15.4. The van der Waals surface area contributed by atoms with Crippen LogP contribution in [-0.2, 0) is 25.4 Å². The van der Waals surface area contributed by atoms with E-state index in [1.807, 2.05) is 0 Å². The van der Waals surface area contributed by atoms with E-state index in [0.29, 0.717) is 39.4 Å². The van der Waals surface area contributed by atoms with E-state index in [-0.39, 0.29) is 28.4 Å². The molecule has 0 saturated carbocycles. The Bertz CT molecular complexity index is 1780. The second kappa shape index (κ2) is 16.6. The molecule has 4 aromatic rings. The van der Waals surface area contributed by atoms with Crippen molar-refractivity contribution in [2.24, 2.45) is 0 Å². The zero-order chi connectivity index (χ0) is 35.0. The summed E-state index contributed by atoms with van der Waals surface area (Å²) in [6.45, 7) is 3.74. The summed E-state index contributed by atoms with van der Waals surface area (Å²) >= 11 is 24.0. The molecule has 250 valence electrons. The lowest BCUT2D eigenvalue weighted by Gasteiger charge is -2.15. The molecule has 2 heterocycles. The molecule has 4 rings (SSSR count). The number of anilines is 3. The number of thioether (sulfide) groups is 1. The first-order valence-electron chi connectivity index (χ1n) is 12.7. The highest BCUT2D eigenvalue weighted by molar-refractivity contribution is 7.98. The van der Waals surface area contributed by atoms with Crippen molar-refractivity contribution < 1.29 is 26.3 Å². The SMILES string of the molecule is CCn1c(Nc2cc(Cl)ccc2Cl)nc(C(F)(F)F)cc1=O.CCn1c(SC)nc(C(F)(F)F)cc1=O.Nc1cc(Cl)ccc1Cl. The summed E-state index contributed by atoms with van der Waals surface area (Å²) in [6, 6.07) is 10.4. The van der Waals surface area contributed by atoms with Gasteiger partial charge < -0.3 is 11.1 Å². The zero-order valence-corrected chi connectivity index (χ0v) is 27.7. The van der Waals surface area contributed by atoms with E-state index < -0.39 is 34.9 Å². The summed E-state index contributed by atoms with van der Waals surface area (Å²) in [5.74, 6) is -0.258. The molecule has 0 bridgehead atoms. The van der Waals surface area contributed by atoms with Gasteiger partial charge in [-0.05, 0) is 56.5 Å². The molecule has 0 saturated heterocycles. The minimum absolute atomic E-state index is 0.0809. The summed E-state index contributed by atoms with van der Waals surface area (Å²) < 4.78 is 77.5. The van der Waals surface area contributed by atoms with Gasteiger partial charge in [-0.25, -0.2) is 9.97 Å². The van der Waals surface area contributed by atoms with E-state index in [4.69, 9.17) is 52.1 Å². The molecule has 46 heavy (non-hydrogen) atoms. The Morgan fingerprint density at radius 3 is 1.70 bits per heavy atom. The maximum absolute atomic E-state index is 12.8. The highest BCUT2D eigenvalue weighted by Crippen LogP contribution is 2.31. The number of hydrogen-bond acceptors (Lipinski definition) is 7. The molecule has 2 aromatic carbocycles. The van der Waals surface area contributed by atoms with Crippen molar-refractivity contribution in [1.82, 2.24) is 19.1 Å². The number of halogens is 10. The first-order chi connectivity index (χ1) is 21.3. The van der Waals surface area contributed by atoms with E-state index in [9.17, 15) is 35.9 Å². The maximum atomic E-state index is 12.8. The van der Waals surface area contributed by atoms with Gasteiger partial charge in [0.15, 0.2) is 16.5 Å². The largest absolute Gasteiger partial charge is 0.433 e. The van der Waals surface area contributed by atoms with Crippen molar-refractivity contribution in [3.05, 3.63) is 101 Å². The van der Waals surface area contributed by atoms with Crippen LogP contribution in [0.15, 0.2) is 63.3 Å². The average Bonchev–Trinajstić information content (AvgIpc) is 2.96. The van der Waals surface area contributed by atoms with Crippen molar-refractivity contribution in [2.75, 3.05) is 17.3 Å². The second-order valence-corrected chi connectivity index (χ2v) is 11.1. The number of nitrogen functional groups attached to an aromatic ring is 1. The Morgan fingerprint density at radius 2 is 1.24 bits per heavy atom. The molecule has 0 atom stereocenters. The number of rotatable bonds is 5. The Kier molecular flexibility index (Phi) is 14.1. The fourth-order valence-corrected chi connectivity index (χ4v) is 4.62. The van der Waals surface area contributed by atoms with Crippen molar-refractivity contribution in [2.45, 2.75) is 44.4 Å². The average molecular weight is 752 g/mol.